The first-order chi connectivity index (χ1) is 12.9. The van der Waals surface area contributed by atoms with Crippen molar-refractivity contribution in [2.45, 2.75) is 64.8 Å². The molecule has 0 aliphatic heterocycles. The first-order valence-electron chi connectivity index (χ1n) is 9.35. The maximum atomic E-state index is 13.9. The highest BCUT2D eigenvalue weighted by Gasteiger charge is 2.57. The number of benzene rings is 1. The van der Waals surface area contributed by atoms with Crippen LogP contribution >= 0.6 is 0 Å². The number of esters is 2. The predicted molar refractivity (Wildman–Crippen MR) is 98.8 cm³/mol. The number of rotatable bonds is 5. The Bertz CT molecular complexity index is 747. The number of hydrogen-bond acceptors (Lipinski definition) is 6. The number of Topliss-reactive ketones (excluding diaryl/α,β-unsaturated/α-hetero) is 1. The zero-order valence-corrected chi connectivity index (χ0v) is 16.8. The Kier molecular flexibility index (Phi) is 6.59. The van der Waals surface area contributed by atoms with Crippen molar-refractivity contribution in [2.24, 2.45) is 11.8 Å². The molecule has 1 fully saturated rings. The van der Waals surface area contributed by atoms with Gasteiger partial charge < -0.3 is 14.6 Å². The van der Waals surface area contributed by atoms with Crippen LogP contribution in [0.1, 0.15) is 52.5 Å². The maximum Gasteiger partial charge on any atom is 0.317 e. The first kappa shape index (κ1) is 22.0. The maximum absolute atomic E-state index is 13.9. The Morgan fingerprint density at radius 1 is 1.14 bits per heavy atom. The van der Waals surface area contributed by atoms with Crippen molar-refractivity contribution in [3.05, 3.63) is 35.6 Å². The van der Waals surface area contributed by atoms with Crippen molar-refractivity contribution in [1.82, 2.24) is 0 Å². The molecule has 28 heavy (non-hydrogen) atoms. The topological polar surface area (TPSA) is 89.9 Å². The molecule has 0 amide bonds. The highest BCUT2D eigenvalue weighted by Crippen LogP contribution is 2.47. The van der Waals surface area contributed by atoms with Crippen molar-refractivity contribution in [1.29, 1.82) is 0 Å². The zero-order valence-electron chi connectivity index (χ0n) is 16.8. The fourth-order valence-electron chi connectivity index (χ4n) is 3.74. The number of ether oxygens (including phenoxy) is 2. The van der Waals surface area contributed by atoms with Crippen LogP contribution in [0.25, 0.3) is 0 Å². The van der Waals surface area contributed by atoms with E-state index in [-0.39, 0.29) is 5.56 Å². The van der Waals surface area contributed by atoms with E-state index in [0.29, 0.717) is 0 Å². The van der Waals surface area contributed by atoms with Crippen molar-refractivity contribution < 1.29 is 33.4 Å². The van der Waals surface area contributed by atoms with Gasteiger partial charge in [-0.2, -0.15) is 0 Å². The summed E-state index contributed by atoms with van der Waals surface area (Å²) in [5, 5.41) is 10.9. The van der Waals surface area contributed by atoms with Gasteiger partial charge in [-0.3, -0.25) is 14.4 Å². The monoisotopic (exact) mass is 394 g/mol. The van der Waals surface area contributed by atoms with Crippen LogP contribution in [-0.4, -0.2) is 40.6 Å². The van der Waals surface area contributed by atoms with Gasteiger partial charge in [0.2, 0.25) is 0 Å². The van der Waals surface area contributed by atoms with Gasteiger partial charge in [0.15, 0.2) is 5.78 Å². The van der Waals surface area contributed by atoms with E-state index >= 15 is 0 Å². The summed E-state index contributed by atoms with van der Waals surface area (Å²) in [5.74, 6) is -6.37. The minimum absolute atomic E-state index is 0.254. The van der Waals surface area contributed by atoms with Crippen molar-refractivity contribution in [3.8, 4) is 0 Å². The fourth-order valence-corrected chi connectivity index (χ4v) is 3.74. The van der Waals surface area contributed by atoms with Crippen LogP contribution in [0.2, 0.25) is 0 Å². The number of halogens is 1. The highest BCUT2D eigenvalue weighted by molar-refractivity contribution is 6.02. The average molecular weight is 394 g/mol. The Balaban J connectivity index is 2.61. The van der Waals surface area contributed by atoms with Crippen LogP contribution in [0.3, 0.4) is 0 Å². The lowest BCUT2D eigenvalue weighted by molar-refractivity contribution is -0.176. The number of aliphatic hydroxyl groups is 1. The van der Waals surface area contributed by atoms with Gasteiger partial charge in [0.1, 0.15) is 11.7 Å². The van der Waals surface area contributed by atoms with E-state index in [1.165, 1.54) is 25.1 Å². The van der Waals surface area contributed by atoms with Crippen LogP contribution in [0.5, 0.6) is 0 Å². The molecule has 0 spiro atoms. The third kappa shape index (κ3) is 4.76. The summed E-state index contributed by atoms with van der Waals surface area (Å²) in [6.45, 7) is 7.95. The molecule has 0 saturated heterocycles. The molecule has 2 rings (SSSR count). The Labute approximate surface area is 164 Å². The molecular formula is C21H27FO6. The number of carbonyl (C=O) groups excluding carboxylic acids is 3. The van der Waals surface area contributed by atoms with Gasteiger partial charge in [0.05, 0.1) is 23.7 Å². The smallest absolute Gasteiger partial charge is 0.317 e. The summed E-state index contributed by atoms with van der Waals surface area (Å²) in [5.41, 5.74) is -1.50. The molecule has 1 N–H and O–H groups in total. The molecule has 0 radical (unpaired) electrons. The summed E-state index contributed by atoms with van der Waals surface area (Å²) >= 11 is 0. The molecule has 1 saturated carbocycles. The number of hydrogen-bond donors (Lipinski definition) is 1. The SMILES string of the molecule is CC(C)OC(=O)[C@@H]1C(=O)C[C@@](C)(O)[C@H](C(=O)OC(C)C)[C@H]1c1cccc(F)c1. The molecule has 7 heteroatoms. The Hall–Kier alpha value is -2.28. The third-order valence-corrected chi connectivity index (χ3v) is 4.71. The van der Waals surface area contributed by atoms with Gasteiger partial charge in [-0.1, -0.05) is 12.1 Å². The van der Waals surface area contributed by atoms with Gasteiger partial charge in [-0.05, 0) is 52.3 Å². The van der Waals surface area contributed by atoms with Gasteiger partial charge in [0, 0.05) is 12.3 Å². The van der Waals surface area contributed by atoms with Crippen molar-refractivity contribution >= 4 is 17.7 Å². The van der Waals surface area contributed by atoms with Gasteiger partial charge in [0.25, 0.3) is 0 Å². The minimum atomic E-state index is -1.76. The first-order valence-corrected chi connectivity index (χ1v) is 9.35. The molecule has 1 aliphatic carbocycles. The van der Waals surface area contributed by atoms with Crippen molar-refractivity contribution in [2.75, 3.05) is 0 Å². The molecular weight excluding hydrogens is 367 g/mol. The molecule has 1 aliphatic rings. The highest BCUT2D eigenvalue weighted by atomic mass is 19.1. The van der Waals surface area contributed by atoms with Gasteiger partial charge >= 0.3 is 11.9 Å². The van der Waals surface area contributed by atoms with Crippen LogP contribution in [0, 0.1) is 17.7 Å². The lowest BCUT2D eigenvalue weighted by atomic mass is 9.61. The molecule has 0 unspecified atom stereocenters. The van der Waals surface area contributed by atoms with Crippen LogP contribution < -0.4 is 0 Å². The van der Waals surface area contributed by atoms with E-state index in [9.17, 15) is 23.9 Å². The molecule has 0 bridgehead atoms. The standard InChI is InChI=1S/C21H27FO6/c1-11(2)27-19(24)17-15(23)10-21(5,26)18(20(25)28-12(3)4)16(17)13-7-6-8-14(22)9-13/h6-9,11-12,16-18,26H,10H2,1-5H3/t16-,17+,18-,21+/m0/s1. The molecule has 0 aromatic heterocycles. The Morgan fingerprint density at radius 3 is 2.25 bits per heavy atom. The average Bonchev–Trinajstić information content (AvgIpc) is 2.51. The van der Waals surface area contributed by atoms with Gasteiger partial charge in [-0.25, -0.2) is 4.39 Å². The number of carbonyl (C=O) groups is 3. The molecule has 1 aromatic carbocycles. The Morgan fingerprint density at radius 2 is 1.71 bits per heavy atom. The van der Waals surface area contributed by atoms with Gasteiger partial charge in [-0.15, -0.1) is 0 Å². The molecule has 6 nitrogen and oxygen atoms in total. The van der Waals surface area contributed by atoms with E-state index in [1.54, 1.807) is 27.7 Å². The molecule has 1 aromatic rings. The van der Waals surface area contributed by atoms with E-state index in [4.69, 9.17) is 9.47 Å². The second-order valence-electron chi connectivity index (χ2n) is 8.01. The lowest BCUT2D eigenvalue weighted by Gasteiger charge is -2.44. The van der Waals surface area contributed by atoms with Crippen LogP contribution in [0.4, 0.5) is 4.39 Å². The summed E-state index contributed by atoms with van der Waals surface area (Å²) in [7, 11) is 0. The minimum Gasteiger partial charge on any atom is -0.463 e. The number of ketones is 1. The molecule has 0 heterocycles. The van der Waals surface area contributed by atoms with E-state index < -0.39 is 65.5 Å². The zero-order chi connectivity index (χ0) is 21.2. The second kappa shape index (κ2) is 8.39. The fraction of sp³-hybridized carbons (Fsp3) is 0.571. The summed E-state index contributed by atoms with van der Waals surface area (Å²) in [4.78, 5) is 38.4. The largest absolute Gasteiger partial charge is 0.463 e. The summed E-state index contributed by atoms with van der Waals surface area (Å²) < 4.78 is 24.4. The summed E-state index contributed by atoms with van der Waals surface area (Å²) in [6, 6.07) is 5.32. The van der Waals surface area contributed by atoms with Crippen molar-refractivity contribution in [3.63, 3.8) is 0 Å². The van der Waals surface area contributed by atoms with Crippen LogP contribution in [-0.2, 0) is 23.9 Å². The predicted octanol–water partition coefficient (Wildman–Crippen LogP) is 2.77. The molecule has 4 atom stereocenters. The molecule has 154 valence electrons. The normalized spacial score (nSPS) is 27.8. The van der Waals surface area contributed by atoms with E-state index in [1.807, 2.05) is 0 Å². The lowest BCUT2D eigenvalue weighted by Crippen LogP contribution is -2.55. The van der Waals surface area contributed by atoms with Crippen LogP contribution in [0.15, 0.2) is 24.3 Å². The quantitative estimate of drug-likeness (QED) is 0.610. The van der Waals surface area contributed by atoms with E-state index in [0.717, 1.165) is 6.07 Å². The second-order valence-corrected chi connectivity index (χ2v) is 8.01. The third-order valence-electron chi connectivity index (χ3n) is 4.71. The van der Waals surface area contributed by atoms with E-state index in [2.05, 4.69) is 0 Å². The summed E-state index contributed by atoms with van der Waals surface area (Å²) in [6.07, 6.45) is -1.35.